The molecule has 0 aliphatic rings. The number of anilines is 1. The van der Waals surface area contributed by atoms with Crippen LogP contribution in [-0.4, -0.2) is 60.2 Å². The number of hydrogen-bond donors (Lipinski definition) is 0. The Morgan fingerprint density at radius 2 is 1.86 bits per heavy atom. The van der Waals surface area contributed by atoms with Gasteiger partial charge in [0.05, 0.1) is 6.61 Å². The molecule has 1 aromatic heterocycles. The maximum atomic E-state index is 5.99. The van der Waals surface area contributed by atoms with Gasteiger partial charge in [-0.2, -0.15) is 15.0 Å². The summed E-state index contributed by atoms with van der Waals surface area (Å²) >= 11 is 5.99. The molecule has 0 amide bonds. The Bertz CT molecular complexity index is 428. The maximum Gasteiger partial charge on any atom is 0.322 e. The second-order valence-electron chi connectivity index (χ2n) is 5.68. The topological polar surface area (TPSA) is 54.4 Å². The number of aromatic nitrogens is 3. The van der Waals surface area contributed by atoms with E-state index in [0.717, 1.165) is 26.1 Å². The van der Waals surface area contributed by atoms with Crippen LogP contribution in [-0.2, 0) is 0 Å². The Balaban J connectivity index is 2.90. The van der Waals surface area contributed by atoms with E-state index < -0.39 is 0 Å². The Kier molecular flexibility index (Phi) is 7.67. The summed E-state index contributed by atoms with van der Waals surface area (Å²) in [4.78, 5) is 16.9. The van der Waals surface area contributed by atoms with Gasteiger partial charge in [-0.3, -0.25) is 0 Å². The summed E-state index contributed by atoms with van der Waals surface area (Å²) in [5.41, 5.74) is 0. The van der Waals surface area contributed by atoms with E-state index in [4.69, 9.17) is 16.3 Å². The molecule has 120 valence electrons. The van der Waals surface area contributed by atoms with Crippen molar-refractivity contribution >= 4 is 17.5 Å². The van der Waals surface area contributed by atoms with Crippen molar-refractivity contribution in [1.82, 2.24) is 19.9 Å². The summed E-state index contributed by atoms with van der Waals surface area (Å²) in [7, 11) is 4.09. The van der Waals surface area contributed by atoms with E-state index in [-0.39, 0.29) is 5.28 Å². The average molecular weight is 316 g/mol. The van der Waals surface area contributed by atoms with E-state index in [1.807, 2.05) is 21.0 Å². The van der Waals surface area contributed by atoms with Gasteiger partial charge < -0.3 is 14.5 Å². The lowest BCUT2D eigenvalue weighted by molar-refractivity contribution is 0.291. The first kappa shape index (κ1) is 17.9. The van der Waals surface area contributed by atoms with Crippen molar-refractivity contribution in [2.24, 2.45) is 5.92 Å². The standard InChI is InChI=1S/C14H26ClN5O/c1-6-9-21-14-17-12(15)16-13(18-14)20(10-11(2)3)8-7-19(4)5/h11H,6-10H2,1-5H3. The summed E-state index contributed by atoms with van der Waals surface area (Å²) in [6, 6.07) is 0.297. The van der Waals surface area contributed by atoms with Gasteiger partial charge in [0.15, 0.2) is 0 Å². The third kappa shape index (κ3) is 6.91. The Labute approximate surface area is 132 Å². The van der Waals surface area contributed by atoms with Crippen LogP contribution < -0.4 is 9.64 Å². The van der Waals surface area contributed by atoms with Crippen molar-refractivity contribution in [3.05, 3.63) is 5.28 Å². The smallest absolute Gasteiger partial charge is 0.322 e. The zero-order valence-corrected chi connectivity index (χ0v) is 14.4. The molecular formula is C14H26ClN5O. The summed E-state index contributed by atoms with van der Waals surface area (Å²) in [6.45, 7) is 9.55. The molecule has 1 rings (SSSR count). The van der Waals surface area contributed by atoms with Gasteiger partial charge in [-0.15, -0.1) is 0 Å². The maximum absolute atomic E-state index is 5.99. The van der Waals surface area contributed by atoms with Gasteiger partial charge >= 0.3 is 6.01 Å². The summed E-state index contributed by atoms with van der Waals surface area (Å²) in [6.07, 6.45) is 0.898. The fourth-order valence-electron chi connectivity index (χ4n) is 1.76. The highest BCUT2D eigenvalue weighted by Crippen LogP contribution is 2.16. The first-order valence-electron chi connectivity index (χ1n) is 7.36. The van der Waals surface area contributed by atoms with Crippen molar-refractivity contribution in [2.45, 2.75) is 27.2 Å². The molecule has 0 bridgehead atoms. The zero-order chi connectivity index (χ0) is 15.8. The van der Waals surface area contributed by atoms with Crippen LogP contribution in [0, 0.1) is 5.92 Å². The molecule has 21 heavy (non-hydrogen) atoms. The number of ether oxygens (including phenoxy) is 1. The lowest BCUT2D eigenvalue weighted by Crippen LogP contribution is -2.35. The molecule has 1 aromatic rings. The van der Waals surface area contributed by atoms with E-state index in [9.17, 15) is 0 Å². The summed E-state index contributed by atoms with van der Waals surface area (Å²) in [5, 5.41) is 0.171. The zero-order valence-electron chi connectivity index (χ0n) is 13.6. The summed E-state index contributed by atoms with van der Waals surface area (Å²) in [5.74, 6) is 1.08. The van der Waals surface area contributed by atoms with Gasteiger partial charge in [-0.1, -0.05) is 20.8 Å². The lowest BCUT2D eigenvalue weighted by Gasteiger charge is -2.26. The highest BCUT2D eigenvalue weighted by molar-refractivity contribution is 6.28. The van der Waals surface area contributed by atoms with Gasteiger partial charge in [-0.05, 0) is 38.0 Å². The largest absolute Gasteiger partial charge is 0.463 e. The van der Waals surface area contributed by atoms with Gasteiger partial charge in [0.2, 0.25) is 11.2 Å². The number of hydrogen-bond acceptors (Lipinski definition) is 6. The average Bonchev–Trinajstić information content (AvgIpc) is 2.40. The number of nitrogens with zero attached hydrogens (tertiary/aromatic N) is 5. The van der Waals surface area contributed by atoms with E-state index in [1.54, 1.807) is 0 Å². The van der Waals surface area contributed by atoms with Crippen molar-refractivity contribution in [3.8, 4) is 6.01 Å². The highest BCUT2D eigenvalue weighted by atomic mass is 35.5. The fourth-order valence-corrected chi connectivity index (χ4v) is 1.90. The van der Waals surface area contributed by atoms with E-state index >= 15 is 0 Å². The van der Waals surface area contributed by atoms with Crippen LogP contribution in [0.15, 0.2) is 0 Å². The molecule has 0 aromatic carbocycles. The van der Waals surface area contributed by atoms with Crippen molar-refractivity contribution in [1.29, 1.82) is 0 Å². The van der Waals surface area contributed by atoms with Gasteiger partial charge in [0, 0.05) is 19.6 Å². The molecule has 0 radical (unpaired) electrons. The van der Waals surface area contributed by atoms with Gasteiger partial charge in [0.25, 0.3) is 0 Å². The SMILES string of the molecule is CCCOc1nc(Cl)nc(N(CCN(C)C)CC(C)C)n1. The first-order chi connectivity index (χ1) is 9.92. The number of likely N-dealkylation sites (N-methyl/N-ethyl adjacent to an activating group) is 1. The Hall–Kier alpha value is -1.14. The van der Waals surface area contributed by atoms with E-state index in [0.29, 0.717) is 24.5 Å². The van der Waals surface area contributed by atoms with Gasteiger partial charge in [-0.25, -0.2) is 0 Å². The van der Waals surface area contributed by atoms with Crippen LogP contribution in [0.4, 0.5) is 5.95 Å². The van der Waals surface area contributed by atoms with E-state index in [2.05, 4.69) is 38.6 Å². The molecule has 0 aliphatic heterocycles. The van der Waals surface area contributed by atoms with E-state index in [1.165, 1.54) is 0 Å². The van der Waals surface area contributed by atoms with Crippen LogP contribution in [0.25, 0.3) is 0 Å². The van der Waals surface area contributed by atoms with Crippen molar-refractivity contribution < 1.29 is 4.74 Å². The monoisotopic (exact) mass is 315 g/mol. The van der Waals surface area contributed by atoms with Crippen LogP contribution in [0.2, 0.25) is 5.28 Å². The summed E-state index contributed by atoms with van der Waals surface area (Å²) < 4.78 is 5.47. The lowest BCUT2D eigenvalue weighted by atomic mass is 10.2. The molecule has 0 saturated heterocycles. The van der Waals surface area contributed by atoms with Crippen LogP contribution >= 0.6 is 11.6 Å². The molecule has 0 atom stereocenters. The molecule has 0 aliphatic carbocycles. The van der Waals surface area contributed by atoms with Crippen LogP contribution in [0.1, 0.15) is 27.2 Å². The van der Waals surface area contributed by atoms with Crippen LogP contribution in [0.3, 0.4) is 0 Å². The molecular weight excluding hydrogens is 290 g/mol. The minimum absolute atomic E-state index is 0.171. The highest BCUT2D eigenvalue weighted by Gasteiger charge is 2.15. The fraction of sp³-hybridized carbons (Fsp3) is 0.786. The quantitative estimate of drug-likeness (QED) is 0.697. The molecule has 0 N–H and O–H groups in total. The Morgan fingerprint density at radius 1 is 1.14 bits per heavy atom. The Morgan fingerprint density at radius 3 is 2.43 bits per heavy atom. The third-order valence-electron chi connectivity index (χ3n) is 2.70. The minimum Gasteiger partial charge on any atom is -0.463 e. The number of rotatable bonds is 9. The normalized spacial score (nSPS) is 11.2. The predicted octanol–water partition coefficient (Wildman–Crippen LogP) is 2.34. The molecule has 0 spiro atoms. The van der Waals surface area contributed by atoms with Crippen molar-refractivity contribution in [2.75, 3.05) is 45.2 Å². The predicted molar refractivity (Wildman–Crippen MR) is 86.2 cm³/mol. The molecule has 0 saturated carbocycles. The second-order valence-corrected chi connectivity index (χ2v) is 6.02. The van der Waals surface area contributed by atoms with Gasteiger partial charge in [0.1, 0.15) is 0 Å². The molecule has 7 heteroatoms. The second kappa shape index (κ2) is 9.00. The molecule has 0 fully saturated rings. The first-order valence-corrected chi connectivity index (χ1v) is 7.74. The van der Waals surface area contributed by atoms with Crippen LogP contribution in [0.5, 0.6) is 6.01 Å². The number of halogens is 1. The third-order valence-corrected chi connectivity index (χ3v) is 2.87. The van der Waals surface area contributed by atoms with Crippen molar-refractivity contribution in [3.63, 3.8) is 0 Å². The molecule has 6 nitrogen and oxygen atoms in total. The molecule has 0 unspecified atom stereocenters. The minimum atomic E-state index is 0.171. The molecule has 1 heterocycles.